The van der Waals surface area contributed by atoms with E-state index in [4.69, 9.17) is 18.9 Å². The molecule has 0 bridgehead atoms. The molecule has 9 heteroatoms. The van der Waals surface area contributed by atoms with Gasteiger partial charge in [-0.3, -0.25) is 9.36 Å². The molecule has 6 rings (SSSR count). The lowest BCUT2D eigenvalue weighted by Crippen LogP contribution is -2.40. The van der Waals surface area contributed by atoms with Crippen LogP contribution in [0.4, 0.5) is 0 Å². The van der Waals surface area contributed by atoms with Crippen LogP contribution >= 0.6 is 27.3 Å². The molecule has 0 saturated heterocycles. The van der Waals surface area contributed by atoms with E-state index in [0.29, 0.717) is 43.4 Å². The molecule has 5 aromatic rings. The highest BCUT2D eigenvalue weighted by atomic mass is 79.9. The molecule has 1 aliphatic rings. The van der Waals surface area contributed by atoms with Crippen LogP contribution in [0, 0.1) is 0 Å². The van der Waals surface area contributed by atoms with Gasteiger partial charge in [0.15, 0.2) is 4.80 Å². The van der Waals surface area contributed by atoms with Gasteiger partial charge in [0.1, 0.15) is 23.3 Å². The molecular formula is C32H25BrN2O5S. The zero-order valence-corrected chi connectivity index (χ0v) is 24.9. The van der Waals surface area contributed by atoms with Crippen LogP contribution in [0.25, 0.3) is 28.2 Å². The summed E-state index contributed by atoms with van der Waals surface area (Å²) in [4.78, 5) is 32.7. The number of hydrogen-bond donors (Lipinski definition) is 0. The van der Waals surface area contributed by atoms with E-state index in [9.17, 15) is 9.59 Å². The molecule has 0 aliphatic carbocycles. The molecule has 0 N–H and O–H groups in total. The topological polar surface area (TPSA) is 83.0 Å². The Balaban J connectivity index is 1.57. The maximum absolute atomic E-state index is 14.1. The van der Waals surface area contributed by atoms with Gasteiger partial charge >= 0.3 is 5.97 Å². The Kier molecular flexibility index (Phi) is 7.23. The number of halogens is 1. The Morgan fingerprint density at radius 3 is 2.63 bits per heavy atom. The normalized spacial score (nSPS) is 15.1. The molecule has 3 heterocycles. The van der Waals surface area contributed by atoms with Crippen molar-refractivity contribution < 1.29 is 18.7 Å². The highest BCUT2D eigenvalue weighted by Gasteiger charge is 2.36. The third kappa shape index (κ3) is 4.85. The fraction of sp³-hybridized carbons (Fsp3) is 0.156. The first kappa shape index (κ1) is 27.0. The first-order valence-electron chi connectivity index (χ1n) is 13.0. The van der Waals surface area contributed by atoms with Crippen LogP contribution in [0.15, 0.2) is 103 Å². The van der Waals surface area contributed by atoms with Crippen molar-refractivity contribution in [1.29, 1.82) is 0 Å². The lowest BCUT2D eigenvalue weighted by molar-refractivity contribution is -0.139. The predicted octanol–water partition coefficient (Wildman–Crippen LogP) is 5.98. The first-order valence-corrected chi connectivity index (χ1v) is 14.6. The second-order valence-electron chi connectivity index (χ2n) is 9.41. The molecule has 0 saturated carbocycles. The highest BCUT2D eigenvalue weighted by Crippen LogP contribution is 2.40. The Morgan fingerprint density at radius 1 is 1.10 bits per heavy atom. The van der Waals surface area contributed by atoms with Gasteiger partial charge in [-0.2, -0.15) is 0 Å². The van der Waals surface area contributed by atoms with E-state index < -0.39 is 12.0 Å². The molecule has 1 atom stereocenters. The number of furan rings is 1. The van der Waals surface area contributed by atoms with Crippen molar-refractivity contribution in [2.24, 2.45) is 4.99 Å². The van der Waals surface area contributed by atoms with Gasteiger partial charge in [-0.25, -0.2) is 9.79 Å². The molecular weight excluding hydrogens is 604 g/mol. The Hall–Kier alpha value is -4.21. The molecule has 206 valence electrons. The Labute approximate surface area is 247 Å². The predicted molar refractivity (Wildman–Crippen MR) is 163 cm³/mol. The van der Waals surface area contributed by atoms with E-state index in [1.165, 1.54) is 11.3 Å². The molecule has 7 nitrogen and oxygen atoms in total. The lowest BCUT2D eigenvalue weighted by Gasteiger charge is -2.27. The molecule has 3 aromatic carbocycles. The summed E-state index contributed by atoms with van der Waals surface area (Å²) in [6.07, 6.45) is 1.72. The van der Waals surface area contributed by atoms with Crippen molar-refractivity contribution in [3.05, 3.63) is 120 Å². The van der Waals surface area contributed by atoms with Crippen LogP contribution in [0.5, 0.6) is 5.75 Å². The smallest absolute Gasteiger partial charge is 0.338 e. The van der Waals surface area contributed by atoms with Gasteiger partial charge < -0.3 is 13.9 Å². The van der Waals surface area contributed by atoms with Crippen LogP contribution in [0.3, 0.4) is 0 Å². The van der Waals surface area contributed by atoms with Crippen molar-refractivity contribution in [2.75, 3.05) is 13.7 Å². The lowest BCUT2D eigenvalue weighted by atomic mass is 9.90. The van der Waals surface area contributed by atoms with Crippen LogP contribution < -0.4 is 19.6 Å². The van der Waals surface area contributed by atoms with Gasteiger partial charge in [0.25, 0.3) is 5.56 Å². The number of carbonyl (C=O) groups excluding carboxylic acids is 1. The molecule has 1 aliphatic heterocycles. The van der Waals surface area contributed by atoms with Crippen LogP contribution in [-0.4, -0.2) is 24.3 Å². The summed E-state index contributed by atoms with van der Waals surface area (Å²) in [6, 6.07) is 22.4. The maximum Gasteiger partial charge on any atom is 0.338 e. The number of allylic oxidation sites excluding steroid dienone is 1. The van der Waals surface area contributed by atoms with Crippen LogP contribution in [0.1, 0.15) is 31.2 Å². The van der Waals surface area contributed by atoms with Crippen molar-refractivity contribution in [1.82, 2.24) is 4.57 Å². The molecule has 0 spiro atoms. The average molecular weight is 630 g/mol. The quantitative estimate of drug-likeness (QED) is 0.216. The molecule has 2 aromatic heterocycles. The van der Waals surface area contributed by atoms with E-state index in [-0.39, 0.29) is 12.2 Å². The minimum absolute atomic E-state index is 0.193. The molecule has 41 heavy (non-hydrogen) atoms. The van der Waals surface area contributed by atoms with E-state index in [0.717, 1.165) is 20.8 Å². The van der Waals surface area contributed by atoms with Crippen molar-refractivity contribution in [3.8, 4) is 17.1 Å². The second kappa shape index (κ2) is 11.0. The van der Waals surface area contributed by atoms with Gasteiger partial charge in [0.2, 0.25) is 0 Å². The van der Waals surface area contributed by atoms with E-state index in [1.807, 2.05) is 72.8 Å². The number of esters is 1. The van der Waals surface area contributed by atoms with Crippen molar-refractivity contribution in [2.45, 2.75) is 19.9 Å². The fourth-order valence-electron chi connectivity index (χ4n) is 5.13. The molecule has 0 fully saturated rings. The summed E-state index contributed by atoms with van der Waals surface area (Å²) in [6.45, 7) is 3.71. The van der Waals surface area contributed by atoms with E-state index in [2.05, 4.69) is 15.9 Å². The van der Waals surface area contributed by atoms with Crippen LogP contribution in [-0.2, 0) is 9.53 Å². The summed E-state index contributed by atoms with van der Waals surface area (Å²) in [5, 5.41) is 1.83. The molecule has 0 amide bonds. The number of fused-ring (bicyclic) bond motifs is 2. The minimum atomic E-state index is -0.802. The Morgan fingerprint density at radius 2 is 1.88 bits per heavy atom. The molecule has 0 radical (unpaired) electrons. The minimum Gasteiger partial charge on any atom is -0.496 e. The average Bonchev–Trinajstić information content (AvgIpc) is 3.56. The van der Waals surface area contributed by atoms with Crippen molar-refractivity contribution >= 4 is 50.1 Å². The largest absolute Gasteiger partial charge is 0.496 e. The van der Waals surface area contributed by atoms with E-state index >= 15 is 0 Å². The summed E-state index contributed by atoms with van der Waals surface area (Å²) in [7, 11) is 1.58. The van der Waals surface area contributed by atoms with Gasteiger partial charge in [0.05, 0.1) is 29.5 Å². The number of carbonyl (C=O) groups is 1. The number of nitrogens with zero attached hydrogens (tertiary/aromatic N) is 2. The van der Waals surface area contributed by atoms with Crippen molar-refractivity contribution in [3.63, 3.8) is 0 Å². The maximum atomic E-state index is 14.1. The third-order valence-electron chi connectivity index (χ3n) is 6.97. The van der Waals surface area contributed by atoms with Crippen LogP contribution in [0.2, 0.25) is 0 Å². The fourth-order valence-corrected chi connectivity index (χ4v) is 6.42. The first-order chi connectivity index (χ1) is 19.9. The SMILES string of the molecule is CCOC(=O)C1=C(C)N=c2s/c(=C/c3ccc(-c4ccc(Br)cc4)o3)c(=O)n2[C@@H]1c1c(OC)ccc2ccccc12. The van der Waals surface area contributed by atoms with Gasteiger partial charge in [-0.15, -0.1) is 0 Å². The summed E-state index contributed by atoms with van der Waals surface area (Å²) in [5.74, 6) is 1.27. The molecule has 0 unspecified atom stereocenters. The zero-order chi connectivity index (χ0) is 28.7. The highest BCUT2D eigenvalue weighted by molar-refractivity contribution is 9.10. The number of benzene rings is 3. The zero-order valence-electron chi connectivity index (χ0n) is 22.5. The summed E-state index contributed by atoms with van der Waals surface area (Å²) in [5.41, 5.74) is 2.13. The third-order valence-corrected chi connectivity index (χ3v) is 8.48. The number of rotatable bonds is 6. The number of methoxy groups -OCH3 is 1. The summed E-state index contributed by atoms with van der Waals surface area (Å²) < 4.78 is 20.3. The monoisotopic (exact) mass is 628 g/mol. The van der Waals surface area contributed by atoms with E-state index in [1.54, 1.807) is 31.6 Å². The van der Waals surface area contributed by atoms with Gasteiger partial charge in [-0.1, -0.05) is 69.7 Å². The second-order valence-corrected chi connectivity index (χ2v) is 11.3. The number of hydrogen-bond acceptors (Lipinski definition) is 7. The van der Waals surface area contributed by atoms with Gasteiger partial charge in [-0.05, 0) is 55.0 Å². The number of aromatic nitrogens is 1. The Bertz CT molecular complexity index is 2020. The standard InChI is InChI=1S/C32H25BrN2O5S/c1-4-39-31(37)27-18(2)34-32-35(29(27)28-23-8-6-5-7-19(23)11-15-25(28)38-3)30(36)26(41-32)17-22-14-16-24(40-22)20-9-12-21(33)13-10-20/h5-17,29H,4H2,1-3H3/b26-17+/t29-/m0/s1. The number of thiazole rings is 1. The number of ether oxygens (including phenoxy) is 2. The van der Waals surface area contributed by atoms with Gasteiger partial charge in [0, 0.05) is 21.7 Å². The summed E-state index contributed by atoms with van der Waals surface area (Å²) >= 11 is 4.70.